The van der Waals surface area contributed by atoms with Crippen molar-refractivity contribution in [2.75, 3.05) is 46.5 Å². The molecule has 0 bridgehead atoms. The van der Waals surface area contributed by atoms with Gasteiger partial charge in [0.05, 0.1) is 57.8 Å². The fourth-order valence-electron chi connectivity index (χ4n) is 2.16. The molecule has 122 valence electrons. The van der Waals surface area contributed by atoms with Crippen molar-refractivity contribution in [3.05, 3.63) is 12.8 Å². The maximum Gasteiger partial charge on any atom is 0.332 e. The van der Waals surface area contributed by atoms with E-state index in [0.717, 1.165) is 0 Å². The number of urea groups is 2. The van der Waals surface area contributed by atoms with Crippen LogP contribution in [-0.2, 0) is 14.2 Å². The minimum absolute atomic E-state index is 0.0358. The van der Waals surface area contributed by atoms with Crippen LogP contribution in [-0.4, -0.2) is 91.6 Å². The second-order valence-corrected chi connectivity index (χ2v) is 5.76. The van der Waals surface area contributed by atoms with Gasteiger partial charge in [0.2, 0.25) is 0 Å². The first kappa shape index (κ1) is 15.3. The molecule has 3 fully saturated rings. The molecule has 8 nitrogen and oxygen atoms in total. The minimum atomic E-state index is -0.394. The lowest BCUT2D eigenvalue weighted by Crippen LogP contribution is -2.51. The Morgan fingerprint density at radius 3 is 2.00 bits per heavy atom. The average molecular weight is 311 g/mol. The number of ether oxygens (including phenoxy) is 3. The van der Waals surface area contributed by atoms with Gasteiger partial charge < -0.3 is 19.1 Å². The molecule has 4 amide bonds. The number of imide groups is 1. The maximum atomic E-state index is 12.6. The summed E-state index contributed by atoms with van der Waals surface area (Å²) in [6, 6.07) is -0.742. The zero-order valence-corrected chi connectivity index (χ0v) is 12.6. The molecule has 3 saturated heterocycles. The van der Waals surface area contributed by atoms with Crippen molar-refractivity contribution in [1.29, 1.82) is 0 Å². The van der Waals surface area contributed by atoms with Crippen molar-refractivity contribution in [2.24, 2.45) is 0 Å². The zero-order valence-electron chi connectivity index (χ0n) is 12.6. The third-order valence-corrected chi connectivity index (χ3v) is 3.73. The normalized spacial score (nSPS) is 27.8. The third kappa shape index (κ3) is 3.96. The summed E-state index contributed by atoms with van der Waals surface area (Å²) in [5.74, 6) is 0. The summed E-state index contributed by atoms with van der Waals surface area (Å²) in [4.78, 5) is 29.3. The van der Waals surface area contributed by atoms with Gasteiger partial charge in [-0.25, -0.2) is 14.5 Å². The van der Waals surface area contributed by atoms with Crippen LogP contribution in [0.4, 0.5) is 9.59 Å². The number of carbonyl (C=O) groups excluding carboxylic acids is 2. The molecule has 0 aromatic carbocycles. The van der Waals surface area contributed by atoms with Crippen molar-refractivity contribution < 1.29 is 23.8 Å². The van der Waals surface area contributed by atoms with Gasteiger partial charge in [-0.3, -0.25) is 4.90 Å². The molecule has 0 aromatic heterocycles. The summed E-state index contributed by atoms with van der Waals surface area (Å²) in [7, 11) is 1.67. The largest absolute Gasteiger partial charge is 0.371 e. The lowest BCUT2D eigenvalue weighted by atomic mass is 10.4. The van der Waals surface area contributed by atoms with Crippen LogP contribution in [0, 0.1) is 0 Å². The first-order chi connectivity index (χ1) is 10.6. The maximum absolute atomic E-state index is 12.6. The Kier molecular flexibility index (Phi) is 4.32. The predicted octanol–water partition coefficient (Wildman–Crippen LogP) is 0.102. The number of rotatable bonds is 7. The summed E-state index contributed by atoms with van der Waals surface area (Å²) >= 11 is 0. The van der Waals surface area contributed by atoms with Gasteiger partial charge in [-0.1, -0.05) is 6.58 Å². The SMILES string of the molecule is C=CN(CC1CO1)C(=O)N(CC1CO1)C(=O)N(C)CC1CO1. The van der Waals surface area contributed by atoms with Crippen molar-refractivity contribution in [2.45, 2.75) is 18.3 Å². The highest BCUT2D eigenvalue weighted by Crippen LogP contribution is 2.18. The molecule has 3 unspecified atom stereocenters. The van der Waals surface area contributed by atoms with E-state index in [-0.39, 0.29) is 30.9 Å². The van der Waals surface area contributed by atoms with Crippen molar-refractivity contribution >= 4 is 12.1 Å². The lowest BCUT2D eigenvalue weighted by Gasteiger charge is -2.29. The van der Waals surface area contributed by atoms with E-state index in [1.165, 1.54) is 20.9 Å². The second-order valence-electron chi connectivity index (χ2n) is 5.76. The Bertz CT molecular complexity index is 459. The van der Waals surface area contributed by atoms with Gasteiger partial charge in [-0.2, -0.15) is 0 Å². The Hall–Kier alpha value is -1.64. The number of nitrogens with zero attached hydrogens (tertiary/aromatic N) is 3. The molecule has 0 aliphatic carbocycles. The molecule has 22 heavy (non-hydrogen) atoms. The van der Waals surface area contributed by atoms with E-state index < -0.39 is 6.03 Å². The zero-order chi connectivity index (χ0) is 15.7. The number of epoxide rings is 3. The fraction of sp³-hybridized carbons (Fsp3) is 0.714. The van der Waals surface area contributed by atoms with Gasteiger partial charge in [0.15, 0.2) is 0 Å². The van der Waals surface area contributed by atoms with E-state index in [1.807, 2.05) is 0 Å². The van der Waals surface area contributed by atoms with Crippen molar-refractivity contribution in [1.82, 2.24) is 14.7 Å². The quantitative estimate of drug-likeness (QED) is 0.623. The van der Waals surface area contributed by atoms with Crippen LogP contribution in [0.25, 0.3) is 0 Å². The molecule has 3 heterocycles. The third-order valence-electron chi connectivity index (χ3n) is 3.73. The van der Waals surface area contributed by atoms with Crippen LogP contribution < -0.4 is 0 Å². The predicted molar refractivity (Wildman–Crippen MR) is 76.3 cm³/mol. The summed E-state index contributed by atoms with van der Waals surface area (Å²) in [5, 5.41) is 0. The molecule has 0 saturated carbocycles. The first-order valence-corrected chi connectivity index (χ1v) is 7.39. The van der Waals surface area contributed by atoms with E-state index in [1.54, 1.807) is 7.05 Å². The molecule has 3 aliphatic rings. The molecular weight excluding hydrogens is 290 g/mol. The van der Waals surface area contributed by atoms with Gasteiger partial charge in [0.1, 0.15) is 0 Å². The minimum Gasteiger partial charge on any atom is -0.371 e. The van der Waals surface area contributed by atoms with Crippen molar-refractivity contribution in [3.63, 3.8) is 0 Å². The van der Waals surface area contributed by atoms with E-state index in [4.69, 9.17) is 14.2 Å². The summed E-state index contributed by atoms with van der Waals surface area (Å²) in [6.07, 6.45) is 1.48. The van der Waals surface area contributed by atoms with Crippen LogP contribution in [0.2, 0.25) is 0 Å². The van der Waals surface area contributed by atoms with Gasteiger partial charge in [-0.05, 0) is 0 Å². The first-order valence-electron chi connectivity index (χ1n) is 7.39. The molecule has 0 spiro atoms. The molecule has 8 heteroatoms. The molecule has 0 aromatic rings. The van der Waals surface area contributed by atoms with Gasteiger partial charge in [-0.15, -0.1) is 0 Å². The van der Waals surface area contributed by atoms with Crippen LogP contribution in [0.3, 0.4) is 0 Å². The van der Waals surface area contributed by atoms with Crippen molar-refractivity contribution in [3.8, 4) is 0 Å². The Morgan fingerprint density at radius 1 is 1.00 bits per heavy atom. The molecule has 3 aliphatic heterocycles. The van der Waals surface area contributed by atoms with E-state index in [2.05, 4.69) is 6.58 Å². The molecular formula is C14H21N3O5. The molecule has 3 rings (SSSR count). The Morgan fingerprint density at radius 2 is 1.50 bits per heavy atom. The topological polar surface area (TPSA) is 81.5 Å². The monoisotopic (exact) mass is 311 g/mol. The molecule has 0 radical (unpaired) electrons. The second kappa shape index (κ2) is 6.23. The Labute approximate surface area is 129 Å². The highest BCUT2D eigenvalue weighted by molar-refractivity contribution is 5.94. The fourth-order valence-corrected chi connectivity index (χ4v) is 2.16. The number of hydrogen-bond acceptors (Lipinski definition) is 5. The van der Waals surface area contributed by atoms with Crippen LogP contribution in [0.1, 0.15) is 0 Å². The van der Waals surface area contributed by atoms with E-state index in [0.29, 0.717) is 32.9 Å². The van der Waals surface area contributed by atoms with Gasteiger partial charge >= 0.3 is 12.1 Å². The van der Waals surface area contributed by atoms with Gasteiger partial charge in [0, 0.05) is 13.2 Å². The van der Waals surface area contributed by atoms with Crippen LogP contribution in [0.5, 0.6) is 0 Å². The number of hydrogen-bond donors (Lipinski definition) is 0. The number of amides is 4. The Balaban J connectivity index is 1.64. The van der Waals surface area contributed by atoms with Gasteiger partial charge in [0.25, 0.3) is 0 Å². The average Bonchev–Trinajstić information content (AvgIpc) is 3.36. The number of likely N-dealkylation sites (N-methyl/N-ethyl adjacent to an activating group) is 1. The standard InChI is InChI=1S/C14H21N3O5/c1-3-16(5-11-8-21-11)14(19)17(6-12-9-22-12)13(18)15(2)4-10-7-20-10/h3,10-12H,1,4-9H2,2H3. The smallest absolute Gasteiger partial charge is 0.332 e. The van der Waals surface area contributed by atoms with Crippen LogP contribution >= 0.6 is 0 Å². The van der Waals surface area contributed by atoms with E-state index in [9.17, 15) is 9.59 Å². The van der Waals surface area contributed by atoms with Crippen LogP contribution in [0.15, 0.2) is 12.8 Å². The summed E-state index contributed by atoms with van der Waals surface area (Å²) < 4.78 is 15.4. The highest BCUT2D eigenvalue weighted by atomic mass is 16.6. The molecule has 3 atom stereocenters. The number of carbonyl (C=O) groups is 2. The van der Waals surface area contributed by atoms with E-state index >= 15 is 0 Å². The lowest BCUT2D eigenvalue weighted by molar-refractivity contribution is 0.140. The summed E-state index contributed by atoms with van der Waals surface area (Å²) in [6.45, 7) is 6.67. The summed E-state index contributed by atoms with van der Waals surface area (Å²) in [5.41, 5.74) is 0. The molecule has 0 N–H and O–H groups in total. The highest BCUT2D eigenvalue weighted by Gasteiger charge is 2.37.